The topological polar surface area (TPSA) is 97.5 Å². The second-order valence-corrected chi connectivity index (χ2v) is 9.93. The summed E-state index contributed by atoms with van der Waals surface area (Å²) in [7, 11) is 0. The van der Waals surface area contributed by atoms with Crippen LogP contribution < -0.4 is 10.1 Å². The molecule has 2 N–H and O–H groups in total. The molecule has 3 saturated carbocycles. The van der Waals surface area contributed by atoms with Gasteiger partial charge >= 0.3 is 0 Å². The third kappa shape index (κ3) is 3.23. The fraction of sp³-hybridized carbons (Fsp3) is 0.375. The minimum absolute atomic E-state index is 0.167. The number of amides is 1. The molecule has 1 aromatic heterocycles. The number of aromatic nitrogens is 2. The minimum atomic E-state index is -0.814. The van der Waals surface area contributed by atoms with E-state index in [0.29, 0.717) is 52.6 Å². The summed E-state index contributed by atoms with van der Waals surface area (Å²) >= 11 is 5.99. The van der Waals surface area contributed by atoms with Crippen molar-refractivity contribution in [1.82, 2.24) is 15.5 Å². The summed E-state index contributed by atoms with van der Waals surface area (Å²) in [4.78, 5) is 12.9. The molecule has 3 aromatic rings. The number of nitrogens with zero attached hydrogens (tertiary/aromatic N) is 2. The van der Waals surface area contributed by atoms with Crippen molar-refractivity contribution >= 4 is 17.5 Å². The number of aryl methyl sites for hydroxylation is 1. The highest BCUT2D eigenvalue weighted by atomic mass is 35.5. The SMILES string of the molecule is Cc1ccc(-c2nnc(C34CC(NC(=O)C5CC(O)c6cc(Cl)ccc6O5)(C3)C4)o2)cc1F. The number of ether oxygens (including phenoxy) is 1. The summed E-state index contributed by atoms with van der Waals surface area (Å²) in [5, 5.41) is 22.3. The normalized spacial score (nSPS) is 29.3. The van der Waals surface area contributed by atoms with Crippen LogP contribution in [0, 0.1) is 12.7 Å². The van der Waals surface area contributed by atoms with E-state index >= 15 is 0 Å². The highest BCUT2D eigenvalue weighted by molar-refractivity contribution is 6.30. The molecular formula is C24H21ClFN3O4. The summed E-state index contributed by atoms with van der Waals surface area (Å²) in [5.41, 5.74) is 1.11. The van der Waals surface area contributed by atoms with E-state index in [4.69, 9.17) is 20.8 Å². The van der Waals surface area contributed by atoms with Crippen LogP contribution in [0.3, 0.4) is 0 Å². The summed E-state index contributed by atoms with van der Waals surface area (Å²) in [6.45, 7) is 1.70. The Labute approximate surface area is 193 Å². The van der Waals surface area contributed by atoms with Gasteiger partial charge in [0.05, 0.1) is 11.5 Å². The lowest BCUT2D eigenvalue weighted by atomic mass is 9.39. The van der Waals surface area contributed by atoms with Gasteiger partial charge in [-0.05, 0) is 62.1 Å². The van der Waals surface area contributed by atoms with Gasteiger partial charge in [-0.1, -0.05) is 17.7 Å². The van der Waals surface area contributed by atoms with Crippen LogP contribution in [0.5, 0.6) is 5.75 Å². The first-order chi connectivity index (χ1) is 15.8. The number of halogens is 2. The average molecular weight is 470 g/mol. The lowest BCUT2D eigenvalue weighted by molar-refractivity contribution is -0.149. The first-order valence-electron chi connectivity index (χ1n) is 10.8. The van der Waals surface area contributed by atoms with E-state index in [-0.39, 0.29) is 35.0 Å². The van der Waals surface area contributed by atoms with Crippen LogP contribution in [-0.2, 0) is 10.2 Å². The Bertz CT molecular complexity index is 1270. The summed E-state index contributed by atoms with van der Waals surface area (Å²) in [6, 6.07) is 9.82. The molecule has 9 heteroatoms. The van der Waals surface area contributed by atoms with Gasteiger partial charge in [0.25, 0.3) is 5.91 Å². The van der Waals surface area contributed by atoms with Crippen LogP contribution in [0.15, 0.2) is 40.8 Å². The number of carbonyl (C=O) groups is 1. The zero-order chi connectivity index (χ0) is 23.0. The van der Waals surface area contributed by atoms with Gasteiger partial charge in [0, 0.05) is 28.1 Å². The maximum Gasteiger partial charge on any atom is 0.261 e. The smallest absolute Gasteiger partial charge is 0.261 e. The minimum Gasteiger partial charge on any atom is -0.480 e. The number of carbonyl (C=O) groups excluding carboxylic acids is 1. The fourth-order valence-electron chi connectivity index (χ4n) is 5.35. The molecule has 0 spiro atoms. The average Bonchev–Trinajstić information content (AvgIpc) is 3.21. The van der Waals surface area contributed by atoms with Crippen LogP contribution >= 0.6 is 11.6 Å². The Morgan fingerprint density at radius 2 is 2.00 bits per heavy atom. The molecule has 4 aliphatic rings. The Kier molecular flexibility index (Phi) is 4.38. The Morgan fingerprint density at radius 3 is 2.76 bits per heavy atom. The van der Waals surface area contributed by atoms with E-state index in [1.807, 2.05) is 0 Å². The lowest BCUT2D eigenvalue weighted by Gasteiger charge is -2.68. The maximum atomic E-state index is 13.9. The number of rotatable bonds is 4. The van der Waals surface area contributed by atoms with Crippen molar-refractivity contribution in [3.63, 3.8) is 0 Å². The number of hydrogen-bond acceptors (Lipinski definition) is 6. The second-order valence-electron chi connectivity index (χ2n) is 9.50. The molecule has 2 heterocycles. The molecule has 7 nitrogen and oxygen atoms in total. The van der Waals surface area contributed by atoms with E-state index in [1.165, 1.54) is 6.07 Å². The standard InChI is InChI=1S/C24H21ClFN3O4/c1-12-2-3-13(6-16(12)26)21-28-29-22(33-21)23-9-24(10-23,11-23)27-20(31)19-8-17(30)15-7-14(25)4-5-18(15)32-19/h2-7,17,19,30H,8-11H2,1H3,(H,27,31). The number of aliphatic hydroxyl groups excluding tert-OH is 1. The molecule has 2 unspecified atom stereocenters. The third-order valence-corrected chi connectivity index (χ3v) is 7.28. The molecule has 2 atom stereocenters. The van der Waals surface area contributed by atoms with Crippen molar-refractivity contribution in [3.05, 3.63) is 64.3 Å². The van der Waals surface area contributed by atoms with Crippen molar-refractivity contribution in [2.45, 2.75) is 55.8 Å². The number of benzene rings is 2. The molecule has 3 aliphatic carbocycles. The zero-order valence-electron chi connectivity index (χ0n) is 17.8. The van der Waals surface area contributed by atoms with Crippen molar-refractivity contribution in [2.24, 2.45) is 0 Å². The molecule has 33 heavy (non-hydrogen) atoms. The van der Waals surface area contributed by atoms with Crippen molar-refractivity contribution in [3.8, 4) is 17.2 Å². The number of nitrogens with one attached hydrogen (secondary N) is 1. The molecule has 2 bridgehead atoms. The first kappa shape index (κ1) is 20.6. The zero-order valence-corrected chi connectivity index (χ0v) is 18.5. The largest absolute Gasteiger partial charge is 0.480 e. The van der Waals surface area contributed by atoms with Crippen molar-refractivity contribution < 1.29 is 23.4 Å². The van der Waals surface area contributed by atoms with E-state index in [1.54, 1.807) is 37.3 Å². The molecule has 3 fully saturated rings. The number of fused-ring (bicyclic) bond motifs is 1. The lowest BCUT2D eigenvalue weighted by Crippen LogP contribution is -2.77. The van der Waals surface area contributed by atoms with Crippen LogP contribution in [0.4, 0.5) is 4.39 Å². The predicted octanol–water partition coefficient (Wildman–Crippen LogP) is 4.01. The molecule has 1 aliphatic heterocycles. The van der Waals surface area contributed by atoms with Gasteiger partial charge in [0.2, 0.25) is 11.8 Å². The van der Waals surface area contributed by atoms with Gasteiger partial charge in [-0.25, -0.2) is 4.39 Å². The van der Waals surface area contributed by atoms with Gasteiger partial charge in [-0.2, -0.15) is 0 Å². The van der Waals surface area contributed by atoms with Crippen LogP contribution in [0.25, 0.3) is 11.5 Å². The van der Waals surface area contributed by atoms with E-state index in [2.05, 4.69) is 15.5 Å². The van der Waals surface area contributed by atoms with Crippen molar-refractivity contribution in [2.75, 3.05) is 0 Å². The maximum absolute atomic E-state index is 13.9. The highest BCUT2D eigenvalue weighted by Gasteiger charge is 2.72. The van der Waals surface area contributed by atoms with E-state index < -0.39 is 12.2 Å². The van der Waals surface area contributed by atoms with Crippen LogP contribution in [0.2, 0.25) is 5.02 Å². The summed E-state index contributed by atoms with van der Waals surface area (Å²) in [6.07, 6.45) is 0.655. The predicted molar refractivity (Wildman–Crippen MR) is 116 cm³/mol. The van der Waals surface area contributed by atoms with Crippen LogP contribution in [-0.4, -0.2) is 32.9 Å². The summed E-state index contributed by atoms with van der Waals surface area (Å²) < 4.78 is 25.6. The van der Waals surface area contributed by atoms with Gasteiger partial charge in [-0.3, -0.25) is 4.79 Å². The highest BCUT2D eigenvalue weighted by Crippen LogP contribution is 2.67. The third-order valence-electron chi connectivity index (χ3n) is 7.05. The second kappa shape index (κ2) is 7.01. The van der Waals surface area contributed by atoms with Crippen molar-refractivity contribution in [1.29, 1.82) is 0 Å². The van der Waals surface area contributed by atoms with Crippen LogP contribution in [0.1, 0.15) is 48.8 Å². The molecule has 170 valence electrons. The molecule has 0 saturated heterocycles. The Balaban J connectivity index is 1.11. The molecule has 2 aromatic carbocycles. The van der Waals surface area contributed by atoms with Gasteiger partial charge in [0.1, 0.15) is 11.6 Å². The quantitative estimate of drug-likeness (QED) is 0.599. The first-order valence-corrected chi connectivity index (χ1v) is 11.2. The number of hydrogen-bond donors (Lipinski definition) is 2. The molecule has 1 amide bonds. The monoisotopic (exact) mass is 469 g/mol. The Hall–Kier alpha value is -2.97. The Morgan fingerprint density at radius 1 is 1.21 bits per heavy atom. The van der Waals surface area contributed by atoms with Gasteiger partial charge in [-0.15, -0.1) is 10.2 Å². The molecular weight excluding hydrogens is 449 g/mol. The number of aliphatic hydroxyl groups is 1. The van der Waals surface area contributed by atoms with E-state index in [9.17, 15) is 14.3 Å². The van der Waals surface area contributed by atoms with Gasteiger partial charge < -0.3 is 19.6 Å². The fourth-order valence-corrected chi connectivity index (χ4v) is 5.53. The van der Waals surface area contributed by atoms with Gasteiger partial charge in [0.15, 0.2) is 6.10 Å². The summed E-state index contributed by atoms with van der Waals surface area (Å²) in [5.74, 6) is 0.711. The molecule has 7 rings (SSSR count). The van der Waals surface area contributed by atoms with E-state index in [0.717, 1.165) is 0 Å². The molecule has 0 radical (unpaired) electrons.